The van der Waals surface area contributed by atoms with Gasteiger partial charge in [-0.25, -0.2) is 13.6 Å². The zero-order chi connectivity index (χ0) is 12.6. The highest BCUT2D eigenvalue weighted by atomic mass is 32.2. The molecule has 0 unspecified atom stereocenters. The molecule has 2 N–H and O–H groups in total. The van der Waals surface area contributed by atoms with Crippen molar-refractivity contribution in [3.05, 3.63) is 22.4 Å². The molecule has 0 saturated heterocycles. The van der Waals surface area contributed by atoms with Gasteiger partial charge >= 0.3 is 5.82 Å². The van der Waals surface area contributed by atoms with Crippen LogP contribution in [-0.4, -0.2) is 24.4 Å². The van der Waals surface area contributed by atoms with Gasteiger partial charge in [0.2, 0.25) is 10.0 Å². The molecule has 1 aromatic rings. The molecule has 1 aliphatic carbocycles. The van der Waals surface area contributed by atoms with Crippen molar-refractivity contribution in [1.29, 1.82) is 0 Å². The van der Waals surface area contributed by atoms with Gasteiger partial charge < -0.3 is 14.9 Å². The summed E-state index contributed by atoms with van der Waals surface area (Å²) in [6, 6.07) is 1.03. The number of nitro groups is 1. The fourth-order valence-corrected chi connectivity index (χ4v) is 1.87. The van der Waals surface area contributed by atoms with E-state index < -0.39 is 25.7 Å². The van der Waals surface area contributed by atoms with Gasteiger partial charge in [0.25, 0.3) is 0 Å². The number of nitrogens with two attached hydrogens (primary N) is 1. The van der Waals surface area contributed by atoms with Crippen molar-refractivity contribution in [2.24, 2.45) is 5.14 Å². The molecular weight excluding hydrogens is 250 g/mol. The van der Waals surface area contributed by atoms with Gasteiger partial charge in [-0.1, -0.05) is 0 Å². The number of sulfonamides is 1. The van der Waals surface area contributed by atoms with Crippen LogP contribution in [0.3, 0.4) is 0 Å². The number of rotatable bonds is 4. The molecule has 0 atom stereocenters. The summed E-state index contributed by atoms with van der Waals surface area (Å²) < 4.78 is 27.7. The summed E-state index contributed by atoms with van der Waals surface area (Å²) in [6.07, 6.45) is 2.90. The van der Waals surface area contributed by atoms with Crippen molar-refractivity contribution >= 4 is 15.8 Å². The number of hydrogen-bond donors (Lipinski definition) is 1. The first-order valence-electron chi connectivity index (χ1n) is 4.72. The van der Waals surface area contributed by atoms with Crippen LogP contribution in [0.4, 0.5) is 5.82 Å². The average Bonchev–Trinajstić information content (AvgIpc) is 3.00. The molecule has 9 heteroatoms. The molecule has 0 radical (unpaired) electrons. The third kappa shape index (κ3) is 2.68. The Morgan fingerprint density at radius 3 is 2.65 bits per heavy atom. The first-order valence-corrected chi connectivity index (χ1v) is 6.26. The van der Waals surface area contributed by atoms with E-state index >= 15 is 0 Å². The second-order valence-corrected chi connectivity index (χ2v) is 5.14. The Balaban J connectivity index is 2.45. The molecule has 1 saturated carbocycles. The molecule has 0 aliphatic heterocycles. The summed E-state index contributed by atoms with van der Waals surface area (Å²) in [6.45, 7) is 0. The number of pyridine rings is 1. The van der Waals surface area contributed by atoms with Crippen LogP contribution in [0.15, 0.2) is 17.2 Å². The summed E-state index contributed by atoms with van der Waals surface area (Å²) >= 11 is 0. The summed E-state index contributed by atoms with van der Waals surface area (Å²) in [5.74, 6) is -0.627. The second-order valence-electron chi connectivity index (χ2n) is 3.61. The lowest BCUT2D eigenvalue weighted by molar-refractivity contribution is -0.392. The van der Waals surface area contributed by atoms with Crippen LogP contribution in [0.1, 0.15) is 12.8 Å². The molecule has 8 nitrogen and oxygen atoms in total. The first-order chi connectivity index (χ1) is 7.88. The maximum atomic E-state index is 11.2. The lowest BCUT2D eigenvalue weighted by atomic mass is 10.4. The summed E-state index contributed by atoms with van der Waals surface area (Å²) in [7, 11) is -4.20. The maximum Gasteiger partial charge on any atom is 0.384 e. The highest BCUT2D eigenvalue weighted by molar-refractivity contribution is 7.89. The predicted molar refractivity (Wildman–Crippen MR) is 55.9 cm³/mol. The molecule has 1 aromatic heterocycles. The molecule has 1 heterocycles. The van der Waals surface area contributed by atoms with Crippen LogP contribution in [0.25, 0.3) is 0 Å². The number of nitrogens with zero attached hydrogens (tertiary/aromatic N) is 2. The van der Waals surface area contributed by atoms with Gasteiger partial charge in [0.1, 0.15) is 0 Å². The number of ether oxygens (including phenoxy) is 1. The van der Waals surface area contributed by atoms with E-state index in [0.717, 1.165) is 25.1 Å². The topological polar surface area (TPSA) is 125 Å². The lowest BCUT2D eigenvalue weighted by Gasteiger charge is -2.04. The molecular formula is C8H9N3O5S. The Morgan fingerprint density at radius 2 is 2.18 bits per heavy atom. The fraction of sp³-hybridized carbons (Fsp3) is 0.375. The van der Waals surface area contributed by atoms with Crippen molar-refractivity contribution in [2.45, 2.75) is 23.8 Å². The molecule has 0 aromatic carbocycles. The van der Waals surface area contributed by atoms with Crippen LogP contribution >= 0.6 is 0 Å². The Hall–Kier alpha value is -1.74. The highest BCUT2D eigenvalue weighted by Crippen LogP contribution is 2.29. The second kappa shape index (κ2) is 3.93. The Bertz CT molecular complexity index is 567. The van der Waals surface area contributed by atoms with Crippen molar-refractivity contribution in [2.75, 3.05) is 0 Å². The fourth-order valence-electron chi connectivity index (χ4n) is 1.21. The number of aromatic nitrogens is 1. The summed E-state index contributed by atoms with van der Waals surface area (Å²) in [5.41, 5.74) is 0. The zero-order valence-electron chi connectivity index (χ0n) is 8.57. The summed E-state index contributed by atoms with van der Waals surface area (Å²) in [4.78, 5) is 12.5. The highest BCUT2D eigenvalue weighted by Gasteiger charge is 2.28. The Kier molecular flexibility index (Phi) is 2.71. The van der Waals surface area contributed by atoms with Crippen molar-refractivity contribution in [1.82, 2.24) is 4.98 Å². The van der Waals surface area contributed by atoms with Crippen molar-refractivity contribution in [3.8, 4) is 5.75 Å². The normalized spacial score (nSPS) is 15.6. The van der Waals surface area contributed by atoms with Crippen LogP contribution in [-0.2, 0) is 10.0 Å². The van der Waals surface area contributed by atoms with Gasteiger partial charge in [-0.2, -0.15) is 0 Å². The predicted octanol–water partition coefficient (Wildman–Crippen LogP) is 0.178. The van der Waals surface area contributed by atoms with Gasteiger partial charge in [0, 0.05) is 6.07 Å². The van der Waals surface area contributed by atoms with E-state index in [1.54, 1.807) is 0 Å². The SMILES string of the molecule is NS(=O)(=O)c1cc(OC2CC2)cnc1[N+](=O)[O-]. The van der Waals surface area contributed by atoms with Gasteiger partial charge in [0.05, 0.1) is 6.10 Å². The average molecular weight is 259 g/mol. The van der Waals surface area contributed by atoms with Crippen molar-refractivity contribution < 1.29 is 18.1 Å². The smallest absolute Gasteiger partial charge is 0.384 e. The maximum absolute atomic E-state index is 11.2. The summed E-state index contributed by atoms with van der Waals surface area (Å²) in [5, 5.41) is 15.5. The number of hydrogen-bond acceptors (Lipinski definition) is 6. The molecule has 1 aliphatic rings. The third-order valence-corrected chi connectivity index (χ3v) is 3.03. The van der Waals surface area contributed by atoms with Crippen LogP contribution in [0.2, 0.25) is 0 Å². The van der Waals surface area contributed by atoms with Gasteiger partial charge in [-0.05, 0) is 22.7 Å². The van der Waals surface area contributed by atoms with E-state index in [1.807, 2.05) is 0 Å². The zero-order valence-corrected chi connectivity index (χ0v) is 9.38. The Labute approximate surface area is 96.6 Å². The van der Waals surface area contributed by atoms with E-state index in [-0.39, 0.29) is 11.9 Å². The first kappa shape index (κ1) is 11.7. The van der Waals surface area contributed by atoms with Gasteiger partial charge in [-0.3, -0.25) is 0 Å². The van der Waals surface area contributed by atoms with Crippen LogP contribution < -0.4 is 9.88 Å². The molecule has 92 valence electrons. The molecule has 1 fully saturated rings. The minimum Gasteiger partial charge on any atom is -0.486 e. The molecule has 0 spiro atoms. The lowest BCUT2D eigenvalue weighted by Crippen LogP contribution is -2.15. The third-order valence-electron chi connectivity index (χ3n) is 2.11. The monoisotopic (exact) mass is 259 g/mol. The van der Waals surface area contributed by atoms with E-state index in [9.17, 15) is 18.5 Å². The van der Waals surface area contributed by atoms with E-state index in [0.29, 0.717) is 0 Å². The minimum absolute atomic E-state index is 0.0339. The van der Waals surface area contributed by atoms with E-state index in [1.165, 1.54) is 0 Å². The molecule has 2 rings (SSSR count). The molecule has 0 amide bonds. The van der Waals surface area contributed by atoms with E-state index in [4.69, 9.17) is 9.88 Å². The van der Waals surface area contributed by atoms with Gasteiger partial charge in [-0.15, -0.1) is 0 Å². The standard InChI is InChI=1S/C8H9N3O5S/c9-17(14,15)7-3-6(16-5-1-2-5)4-10-8(7)11(12)13/h3-5H,1-2H2,(H2,9,14,15). The molecule has 0 bridgehead atoms. The van der Waals surface area contributed by atoms with E-state index in [2.05, 4.69) is 4.98 Å². The van der Waals surface area contributed by atoms with Crippen LogP contribution in [0, 0.1) is 10.1 Å². The van der Waals surface area contributed by atoms with Crippen molar-refractivity contribution in [3.63, 3.8) is 0 Å². The largest absolute Gasteiger partial charge is 0.486 e. The number of primary sulfonamides is 1. The van der Waals surface area contributed by atoms with Gasteiger partial charge in [0.15, 0.2) is 16.8 Å². The quantitative estimate of drug-likeness (QED) is 0.607. The minimum atomic E-state index is -4.20. The Morgan fingerprint density at radius 1 is 1.53 bits per heavy atom. The van der Waals surface area contributed by atoms with Crippen LogP contribution in [0.5, 0.6) is 5.75 Å². The molecule has 17 heavy (non-hydrogen) atoms.